The lowest BCUT2D eigenvalue weighted by atomic mass is 9.77. The SMILES string of the molecule is C/C=C/CCC1CCC(c2ccc(C(F)(F)OCCc3ccc(C4CCC(C)CC4)cc3)cc2)CC1. The lowest BCUT2D eigenvalue weighted by Crippen LogP contribution is -2.20. The zero-order chi connectivity index (χ0) is 25.4. The monoisotopic (exact) mass is 494 g/mol. The Bertz CT molecular complexity index is 931. The summed E-state index contributed by atoms with van der Waals surface area (Å²) in [7, 11) is 0. The second kappa shape index (κ2) is 13.0. The average molecular weight is 495 g/mol. The Morgan fingerprint density at radius 2 is 1.36 bits per heavy atom. The minimum absolute atomic E-state index is 0.00622. The van der Waals surface area contributed by atoms with Crippen LogP contribution < -0.4 is 0 Å². The summed E-state index contributed by atoms with van der Waals surface area (Å²) in [5.74, 6) is 2.79. The summed E-state index contributed by atoms with van der Waals surface area (Å²) >= 11 is 0. The average Bonchev–Trinajstić information content (AvgIpc) is 2.90. The van der Waals surface area contributed by atoms with Crippen LogP contribution in [-0.2, 0) is 17.3 Å². The summed E-state index contributed by atoms with van der Waals surface area (Å²) in [5.41, 5.74) is 3.58. The van der Waals surface area contributed by atoms with Gasteiger partial charge in [-0.25, -0.2) is 0 Å². The minimum Gasteiger partial charge on any atom is -0.316 e. The first kappa shape index (κ1) is 27.0. The van der Waals surface area contributed by atoms with Crippen molar-refractivity contribution in [2.45, 2.75) is 102 Å². The summed E-state index contributed by atoms with van der Waals surface area (Å²) in [4.78, 5) is 0. The van der Waals surface area contributed by atoms with Gasteiger partial charge in [-0.3, -0.25) is 0 Å². The van der Waals surface area contributed by atoms with Crippen molar-refractivity contribution in [2.24, 2.45) is 11.8 Å². The normalized spacial score (nSPS) is 25.3. The van der Waals surface area contributed by atoms with E-state index in [1.165, 1.54) is 62.5 Å². The number of allylic oxidation sites excluding steroid dienone is 2. The van der Waals surface area contributed by atoms with Crippen LogP contribution in [0.25, 0.3) is 0 Å². The van der Waals surface area contributed by atoms with Crippen LogP contribution >= 0.6 is 0 Å². The molecule has 1 nitrogen and oxygen atoms in total. The van der Waals surface area contributed by atoms with Crippen LogP contribution in [0.15, 0.2) is 60.7 Å². The Labute approximate surface area is 217 Å². The van der Waals surface area contributed by atoms with E-state index in [2.05, 4.69) is 50.3 Å². The van der Waals surface area contributed by atoms with Crippen molar-refractivity contribution in [3.8, 4) is 0 Å². The smallest absolute Gasteiger partial charge is 0.316 e. The molecule has 0 radical (unpaired) electrons. The molecule has 3 heteroatoms. The number of rotatable bonds is 10. The van der Waals surface area contributed by atoms with E-state index in [0.717, 1.165) is 30.2 Å². The highest BCUT2D eigenvalue weighted by Crippen LogP contribution is 2.39. The van der Waals surface area contributed by atoms with Gasteiger partial charge < -0.3 is 4.74 Å². The van der Waals surface area contributed by atoms with Gasteiger partial charge >= 0.3 is 6.11 Å². The van der Waals surface area contributed by atoms with Gasteiger partial charge in [0, 0.05) is 0 Å². The van der Waals surface area contributed by atoms with Gasteiger partial charge in [-0.15, -0.1) is 0 Å². The van der Waals surface area contributed by atoms with Gasteiger partial charge in [0.25, 0.3) is 0 Å². The fourth-order valence-electron chi connectivity index (χ4n) is 6.16. The second-order valence-electron chi connectivity index (χ2n) is 11.3. The Balaban J connectivity index is 1.22. The van der Waals surface area contributed by atoms with E-state index in [0.29, 0.717) is 18.3 Å². The van der Waals surface area contributed by atoms with Crippen molar-refractivity contribution in [1.29, 1.82) is 0 Å². The van der Waals surface area contributed by atoms with Gasteiger partial charge in [-0.2, -0.15) is 8.78 Å². The molecule has 0 unspecified atom stereocenters. The summed E-state index contributed by atoms with van der Waals surface area (Å²) in [6, 6.07) is 15.4. The second-order valence-corrected chi connectivity index (χ2v) is 11.3. The zero-order valence-electron chi connectivity index (χ0n) is 22.2. The van der Waals surface area contributed by atoms with Gasteiger partial charge in [0.05, 0.1) is 12.2 Å². The maximum Gasteiger partial charge on any atom is 0.383 e. The summed E-state index contributed by atoms with van der Waals surface area (Å²) in [5, 5.41) is 0. The van der Waals surface area contributed by atoms with Crippen molar-refractivity contribution in [2.75, 3.05) is 6.61 Å². The molecule has 2 aliphatic rings. The highest BCUT2D eigenvalue weighted by Gasteiger charge is 2.33. The van der Waals surface area contributed by atoms with Crippen LogP contribution in [0.1, 0.15) is 112 Å². The van der Waals surface area contributed by atoms with E-state index in [1.54, 1.807) is 12.1 Å². The first-order valence-corrected chi connectivity index (χ1v) is 14.3. The molecule has 2 aromatic carbocycles. The minimum atomic E-state index is -3.26. The number of hydrogen-bond acceptors (Lipinski definition) is 1. The molecule has 0 N–H and O–H groups in total. The van der Waals surface area contributed by atoms with Crippen LogP contribution in [0.4, 0.5) is 8.78 Å². The van der Waals surface area contributed by atoms with E-state index < -0.39 is 6.11 Å². The first-order chi connectivity index (χ1) is 17.4. The third kappa shape index (κ3) is 7.51. The topological polar surface area (TPSA) is 9.23 Å². The van der Waals surface area contributed by atoms with Crippen LogP contribution in [-0.4, -0.2) is 6.61 Å². The Hall–Kier alpha value is -2.00. The lowest BCUT2D eigenvalue weighted by Gasteiger charge is -2.29. The van der Waals surface area contributed by atoms with E-state index in [9.17, 15) is 8.78 Å². The van der Waals surface area contributed by atoms with E-state index >= 15 is 0 Å². The summed E-state index contributed by atoms with van der Waals surface area (Å²) in [6.45, 7) is 4.42. The number of hydrogen-bond donors (Lipinski definition) is 0. The number of alkyl halides is 2. The molecule has 196 valence electrons. The Morgan fingerprint density at radius 3 is 1.94 bits per heavy atom. The summed E-state index contributed by atoms with van der Waals surface area (Å²) < 4.78 is 34.6. The molecule has 2 aromatic rings. The van der Waals surface area contributed by atoms with E-state index in [4.69, 9.17) is 4.74 Å². The third-order valence-electron chi connectivity index (χ3n) is 8.68. The molecule has 36 heavy (non-hydrogen) atoms. The number of benzene rings is 2. The fourth-order valence-corrected chi connectivity index (χ4v) is 6.16. The maximum absolute atomic E-state index is 14.7. The molecule has 0 aromatic heterocycles. The highest BCUT2D eigenvalue weighted by molar-refractivity contribution is 5.28. The zero-order valence-corrected chi connectivity index (χ0v) is 22.2. The molecule has 0 heterocycles. The summed E-state index contributed by atoms with van der Waals surface area (Å²) in [6.07, 6.45) is 14.0. The van der Waals surface area contributed by atoms with Gasteiger partial charge in [0.1, 0.15) is 0 Å². The molecule has 2 aliphatic carbocycles. The molecule has 0 amide bonds. The first-order valence-electron chi connectivity index (χ1n) is 14.3. The third-order valence-corrected chi connectivity index (χ3v) is 8.68. The van der Waals surface area contributed by atoms with Crippen molar-refractivity contribution >= 4 is 0 Å². The Kier molecular flexibility index (Phi) is 9.76. The van der Waals surface area contributed by atoms with Crippen LogP contribution in [0, 0.1) is 11.8 Å². The molecule has 2 saturated carbocycles. The number of ether oxygens (including phenoxy) is 1. The maximum atomic E-state index is 14.7. The molecule has 0 atom stereocenters. The van der Waals surface area contributed by atoms with Gasteiger partial charge in [-0.05, 0) is 105 Å². The Morgan fingerprint density at radius 1 is 0.806 bits per heavy atom. The lowest BCUT2D eigenvalue weighted by molar-refractivity contribution is -0.248. The predicted octanol–water partition coefficient (Wildman–Crippen LogP) is 9.92. The van der Waals surface area contributed by atoms with Crippen molar-refractivity contribution in [1.82, 2.24) is 0 Å². The quantitative estimate of drug-likeness (QED) is 0.299. The molecule has 2 fully saturated rings. The molecule has 0 aliphatic heterocycles. The van der Waals surface area contributed by atoms with Gasteiger partial charge in [0.2, 0.25) is 0 Å². The molecular weight excluding hydrogens is 450 g/mol. The number of halogens is 2. The molecular formula is C33H44F2O. The largest absolute Gasteiger partial charge is 0.383 e. The van der Waals surface area contributed by atoms with Crippen LogP contribution in [0.3, 0.4) is 0 Å². The molecule has 4 rings (SSSR count). The van der Waals surface area contributed by atoms with E-state index in [-0.39, 0.29) is 12.2 Å². The van der Waals surface area contributed by atoms with Crippen LogP contribution in [0.2, 0.25) is 0 Å². The standard InChI is InChI=1S/C33H44F2O/c1-3-4-5-6-26-9-15-30(16-10-26)31-19-21-32(22-20-31)33(34,35)36-24-23-27-11-17-29(18-12-27)28-13-7-25(2)8-14-28/h3-4,11-12,17-22,25-26,28,30H,5-10,13-16,23-24H2,1-2H3/b4-3+. The van der Waals surface area contributed by atoms with Crippen LogP contribution in [0.5, 0.6) is 0 Å². The predicted molar refractivity (Wildman–Crippen MR) is 146 cm³/mol. The molecule has 0 saturated heterocycles. The van der Waals surface area contributed by atoms with Crippen molar-refractivity contribution in [3.63, 3.8) is 0 Å². The molecule has 0 bridgehead atoms. The fraction of sp³-hybridized carbons (Fsp3) is 0.576. The van der Waals surface area contributed by atoms with Gasteiger partial charge in [0.15, 0.2) is 0 Å². The highest BCUT2D eigenvalue weighted by atomic mass is 19.3. The van der Waals surface area contributed by atoms with Gasteiger partial charge in [-0.1, -0.05) is 80.4 Å². The van der Waals surface area contributed by atoms with Crippen molar-refractivity contribution < 1.29 is 13.5 Å². The van der Waals surface area contributed by atoms with Crippen molar-refractivity contribution in [3.05, 3.63) is 82.9 Å². The molecule has 0 spiro atoms. The van der Waals surface area contributed by atoms with E-state index in [1.807, 2.05) is 12.1 Å².